The maximum absolute atomic E-state index is 11.7. The summed E-state index contributed by atoms with van der Waals surface area (Å²) in [6.45, 7) is 1.73. The van der Waals surface area contributed by atoms with Gasteiger partial charge in [-0.15, -0.1) is 0 Å². The van der Waals surface area contributed by atoms with Crippen molar-refractivity contribution in [1.82, 2.24) is 0 Å². The molecule has 3 nitrogen and oxygen atoms in total. The third-order valence-electron chi connectivity index (χ3n) is 1.99. The van der Waals surface area contributed by atoms with Gasteiger partial charge in [0.25, 0.3) is 0 Å². The van der Waals surface area contributed by atoms with Gasteiger partial charge in [-0.1, -0.05) is 15.9 Å². The van der Waals surface area contributed by atoms with Crippen LogP contribution in [0.5, 0.6) is 5.75 Å². The van der Waals surface area contributed by atoms with Gasteiger partial charge in [-0.05, 0) is 30.7 Å². The lowest BCUT2D eigenvalue weighted by atomic mass is 10.00. The van der Waals surface area contributed by atoms with Crippen LogP contribution >= 0.6 is 15.9 Å². The smallest absolute Gasteiger partial charge is 0.176 e. The Bertz CT molecular complexity index is 421. The molecular weight excluding hydrogens is 258 g/mol. The summed E-state index contributed by atoms with van der Waals surface area (Å²) in [5.41, 5.74) is 1.05. The summed E-state index contributed by atoms with van der Waals surface area (Å²) in [5.74, 6) is -0.0146. The van der Waals surface area contributed by atoms with E-state index in [1.165, 1.54) is 12.1 Å². The first-order valence-electron chi connectivity index (χ1n) is 4.43. The van der Waals surface area contributed by atoms with Crippen LogP contribution in [0, 0.1) is 11.3 Å². The summed E-state index contributed by atoms with van der Waals surface area (Å²) in [6.07, 6.45) is 0.120. The Morgan fingerprint density at radius 2 is 2.33 bits per heavy atom. The standard InChI is InChI=1S/C11H10BrNO2/c1-7(12)11(15)10-3-2-9(14)6-8(10)4-5-13/h2-3,6-7,14H,4H2,1H3. The zero-order valence-corrected chi connectivity index (χ0v) is 9.78. The zero-order chi connectivity index (χ0) is 11.4. The van der Waals surface area contributed by atoms with Crippen molar-refractivity contribution >= 4 is 21.7 Å². The highest BCUT2D eigenvalue weighted by atomic mass is 79.9. The Kier molecular flexibility index (Phi) is 3.87. The van der Waals surface area contributed by atoms with Gasteiger partial charge in [-0.2, -0.15) is 5.26 Å². The second-order valence-electron chi connectivity index (χ2n) is 3.16. The van der Waals surface area contributed by atoms with Gasteiger partial charge in [0.15, 0.2) is 5.78 Å². The number of alkyl halides is 1. The van der Waals surface area contributed by atoms with Gasteiger partial charge in [0.2, 0.25) is 0 Å². The highest BCUT2D eigenvalue weighted by Gasteiger charge is 2.16. The minimum atomic E-state index is -0.292. The second-order valence-corrected chi connectivity index (χ2v) is 4.53. The maximum atomic E-state index is 11.7. The maximum Gasteiger partial charge on any atom is 0.176 e. The fourth-order valence-electron chi connectivity index (χ4n) is 1.27. The van der Waals surface area contributed by atoms with Gasteiger partial charge in [0, 0.05) is 5.56 Å². The van der Waals surface area contributed by atoms with Gasteiger partial charge in [0.1, 0.15) is 5.75 Å². The third-order valence-corrected chi connectivity index (χ3v) is 2.40. The molecule has 0 aromatic heterocycles. The van der Waals surface area contributed by atoms with E-state index in [-0.39, 0.29) is 22.8 Å². The van der Waals surface area contributed by atoms with E-state index in [0.29, 0.717) is 11.1 Å². The van der Waals surface area contributed by atoms with Crippen molar-refractivity contribution in [1.29, 1.82) is 5.26 Å². The molecule has 0 aliphatic rings. The number of aromatic hydroxyl groups is 1. The molecule has 1 rings (SSSR count). The van der Waals surface area contributed by atoms with Crippen molar-refractivity contribution in [3.05, 3.63) is 29.3 Å². The number of halogens is 1. The lowest BCUT2D eigenvalue weighted by Gasteiger charge is -2.07. The number of ketones is 1. The Morgan fingerprint density at radius 3 is 2.87 bits per heavy atom. The van der Waals surface area contributed by atoms with E-state index in [4.69, 9.17) is 5.26 Å². The fraction of sp³-hybridized carbons (Fsp3) is 0.273. The number of phenols is 1. The quantitative estimate of drug-likeness (QED) is 0.676. The van der Waals surface area contributed by atoms with Gasteiger partial charge < -0.3 is 5.11 Å². The topological polar surface area (TPSA) is 61.1 Å². The van der Waals surface area contributed by atoms with Gasteiger partial charge in [-0.25, -0.2) is 0 Å². The van der Waals surface area contributed by atoms with Crippen LogP contribution in [-0.4, -0.2) is 15.7 Å². The molecule has 78 valence electrons. The van der Waals surface area contributed by atoms with Crippen molar-refractivity contribution in [3.63, 3.8) is 0 Å². The SMILES string of the molecule is CC(Br)C(=O)c1ccc(O)cc1CC#N. The molecule has 1 aromatic carbocycles. The molecule has 1 aromatic rings. The van der Waals surface area contributed by atoms with Gasteiger partial charge in [-0.3, -0.25) is 4.79 Å². The van der Waals surface area contributed by atoms with Crippen molar-refractivity contribution in [2.45, 2.75) is 18.2 Å². The zero-order valence-electron chi connectivity index (χ0n) is 8.20. The predicted molar refractivity (Wildman–Crippen MR) is 60.1 cm³/mol. The van der Waals surface area contributed by atoms with Crippen LogP contribution in [-0.2, 0) is 6.42 Å². The molecular formula is C11H10BrNO2. The number of phenolic OH excluding ortho intramolecular Hbond substituents is 1. The molecule has 1 atom stereocenters. The minimum absolute atomic E-state index is 0.0685. The van der Waals surface area contributed by atoms with Gasteiger partial charge in [0.05, 0.1) is 17.3 Å². The lowest BCUT2D eigenvalue weighted by molar-refractivity contribution is 0.0995. The van der Waals surface area contributed by atoms with E-state index < -0.39 is 0 Å². The summed E-state index contributed by atoms with van der Waals surface area (Å²) in [7, 11) is 0. The number of hydrogen-bond donors (Lipinski definition) is 1. The second kappa shape index (κ2) is 4.94. The normalized spacial score (nSPS) is 11.8. The van der Waals surface area contributed by atoms with Crippen LogP contribution in [0.3, 0.4) is 0 Å². The van der Waals surface area contributed by atoms with Crippen LogP contribution < -0.4 is 0 Å². The molecule has 0 aliphatic heterocycles. The molecule has 0 bridgehead atoms. The highest BCUT2D eigenvalue weighted by Crippen LogP contribution is 2.20. The van der Waals surface area contributed by atoms with E-state index >= 15 is 0 Å². The number of rotatable bonds is 3. The number of nitrogens with zero attached hydrogens (tertiary/aromatic N) is 1. The molecule has 0 saturated heterocycles. The van der Waals surface area contributed by atoms with Crippen LogP contribution in [0.1, 0.15) is 22.8 Å². The molecule has 0 heterocycles. The summed E-state index contributed by atoms with van der Waals surface area (Å²) >= 11 is 3.19. The monoisotopic (exact) mass is 267 g/mol. The van der Waals surface area contributed by atoms with Crippen LogP contribution in [0.25, 0.3) is 0 Å². The highest BCUT2D eigenvalue weighted by molar-refractivity contribution is 9.10. The van der Waals surface area contributed by atoms with Crippen molar-refractivity contribution in [2.24, 2.45) is 0 Å². The van der Waals surface area contributed by atoms with E-state index in [0.717, 1.165) is 0 Å². The molecule has 1 unspecified atom stereocenters. The molecule has 0 aliphatic carbocycles. The molecule has 0 amide bonds. The summed E-state index contributed by atoms with van der Waals surface area (Å²) in [5, 5.41) is 17.9. The Balaban J connectivity index is 3.17. The number of carbonyl (C=O) groups is 1. The molecule has 0 fully saturated rings. The number of carbonyl (C=O) groups excluding carboxylic acids is 1. The average molecular weight is 268 g/mol. The predicted octanol–water partition coefficient (Wildman–Crippen LogP) is 2.42. The van der Waals surface area contributed by atoms with Gasteiger partial charge >= 0.3 is 0 Å². The van der Waals surface area contributed by atoms with Crippen LogP contribution in [0.15, 0.2) is 18.2 Å². The third kappa shape index (κ3) is 2.80. The van der Waals surface area contributed by atoms with E-state index in [1.54, 1.807) is 13.0 Å². The Labute approximate surface area is 96.5 Å². The summed E-state index contributed by atoms with van der Waals surface area (Å²) < 4.78 is 0. The number of Topliss-reactive ketones (excluding diaryl/α,β-unsaturated/α-hetero) is 1. The van der Waals surface area contributed by atoms with E-state index in [9.17, 15) is 9.90 Å². The van der Waals surface area contributed by atoms with E-state index in [2.05, 4.69) is 15.9 Å². The Morgan fingerprint density at radius 1 is 1.67 bits per heavy atom. The fourth-order valence-corrected chi connectivity index (χ4v) is 1.51. The Hall–Kier alpha value is -1.34. The van der Waals surface area contributed by atoms with Crippen LogP contribution in [0.2, 0.25) is 0 Å². The molecule has 4 heteroatoms. The lowest BCUT2D eigenvalue weighted by Crippen LogP contribution is -2.12. The summed E-state index contributed by atoms with van der Waals surface area (Å²) in [4.78, 5) is 11.4. The number of nitriles is 1. The first-order chi connectivity index (χ1) is 7.06. The first kappa shape index (κ1) is 11.7. The molecule has 0 spiro atoms. The number of benzene rings is 1. The van der Waals surface area contributed by atoms with Crippen molar-refractivity contribution < 1.29 is 9.90 Å². The minimum Gasteiger partial charge on any atom is -0.508 e. The number of hydrogen-bond acceptors (Lipinski definition) is 3. The molecule has 1 N–H and O–H groups in total. The van der Waals surface area contributed by atoms with Crippen molar-refractivity contribution in [2.75, 3.05) is 0 Å². The van der Waals surface area contributed by atoms with Crippen LogP contribution in [0.4, 0.5) is 0 Å². The van der Waals surface area contributed by atoms with Crippen molar-refractivity contribution in [3.8, 4) is 11.8 Å². The van der Waals surface area contributed by atoms with E-state index in [1.807, 2.05) is 6.07 Å². The first-order valence-corrected chi connectivity index (χ1v) is 5.35. The molecule has 0 saturated carbocycles. The molecule has 15 heavy (non-hydrogen) atoms. The summed E-state index contributed by atoms with van der Waals surface area (Å²) in [6, 6.07) is 6.41. The molecule has 0 radical (unpaired) electrons. The largest absolute Gasteiger partial charge is 0.508 e. The average Bonchev–Trinajstić information content (AvgIpc) is 2.17.